The molecule has 16 atom stereocenters. The van der Waals surface area contributed by atoms with E-state index in [4.69, 9.17) is 29.4 Å². The van der Waals surface area contributed by atoms with Crippen molar-refractivity contribution in [3.63, 3.8) is 0 Å². The molecule has 0 bridgehead atoms. The first-order valence-corrected chi connectivity index (χ1v) is 15.8. The smallest absolute Gasteiger partial charge is 0.240 e. The normalized spacial score (nSPS) is 38.9. The van der Waals surface area contributed by atoms with Crippen molar-refractivity contribution in [3.05, 3.63) is 0 Å². The van der Waals surface area contributed by atoms with Gasteiger partial charge in [0, 0.05) is 20.8 Å². The van der Waals surface area contributed by atoms with Crippen LogP contribution in [-0.2, 0) is 47.7 Å². The Morgan fingerprint density at radius 2 is 1.12 bits per heavy atom. The average molecular weight is 742 g/mol. The van der Waals surface area contributed by atoms with Crippen LogP contribution in [0.15, 0.2) is 0 Å². The molecular formula is C28H47N5O18. The molecule has 0 aromatic carbocycles. The lowest BCUT2D eigenvalue weighted by molar-refractivity contribution is -0.358. The van der Waals surface area contributed by atoms with E-state index in [2.05, 4.69) is 21.3 Å². The standard InChI is InChI=1S/C28H47N5O18/c1-8(37)30-11(25(29)46)4-15(40)33-26-16(31-9(2)38)19(42)23(13(6-35)47-26)50-27-17(32-10(3)39)20(43)24(14(7-36)49-27)51-28-22(45)21(44)18(41)12(5-34)48-28/h11-14,16-24,26-28,34-36,41-45H,4-7H2,1-3H3,(H2,29,46)(H,30,37)(H,31,38)(H,32,39)(H,33,40)/t11-,12+,13+,14+,16+,17+,18+,19+,20+,21-,22-,23+,24+,26?,27-,28-/m0/s1. The molecular weight excluding hydrogens is 694 g/mol. The number of hydrogen-bond acceptors (Lipinski definition) is 18. The zero-order valence-electron chi connectivity index (χ0n) is 27.8. The van der Waals surface area contributed by atoms with E-state index in [0.717, 1.165) is 20.8 Å². The molecule has 3 aliphatic heterocycles. The van der Waals surface area contributed by atoms with Gasteiger partial charge in [0.2, 0.25) is 29.5 Å². The Kier molecular flexibility index (Phi) is 15.4. The van der Waals surface area contributed by atoms with Gasteiger partial charge >= 0.3 is 0 Å². The molecule has 3 fully saturated rings. The highest BCUT2D eigenvalue weighted by Crippen LogP contribution is 2.32. The summed E-state index contributed by atoms with van der Waals surface area (Å²) in [6.07, 6.45) is -22.7. The second-order valence-corrected chi connectivity index (χ2v) is 12.3. The Balaban J connectivity index is 1.85. The Hall–Kier alpha value is -3.17. The van der Waals surface area contributed by atoms with Crippen LogP contribution in [0, 0.1) is 0 Å². The van der Waals surface area contributed by atoms with Crippen LogP contribution in [0.4, 0.5) is 0 Å². The molecule has 5 amide bonds. The highest BCUT2D eigenvalue weighted by molar-refractivity contribution is 5.90. The van der Waals surface area contributed by atoms with E-state index < -0.39 is 154 Å². The molecule has 0 aromatic rings. The lowest BCUT2D eigenvalue weighted by atomic mass is 9.93. The number of nitrogens with one attached hydrogen (secondary N) is 4. The molecule has 0 aromatic heterocycles. The van der Waals surface area contributed by atoms with Crippen LogP contribution in [0.25, 0.3) is 0 Å². The third-order valence-electron chi connectivity index (χ3n) is 8.34. The van der Waals surface area contributed by atoms with E-state index in [0.29, 0.717) is 0 Å². The van der Waals surface area contributed by atoms with Crippen molar-refractivity contribution < 1.29 is 88.5 Å². The number of primary amides is 1. The molecule has 3 rings (SSSR count). The van der Waals surface area contributed by atoms with Gasteiger partial charge in [-0.2, -0.15) is 0 Å². The van der Waals surface area contributed by atoms with Crippen molar-refractivity contribution in [2.75, 3.05) is 19.8 Å². The minimum Gasteiger partial charge on any atom is -0.394 e. The lowest BCUT2D eigenvalue weighted by Gasteiger charge is -2.49. The fourth-order valence-electron chi connectivity index (χ4n) is 5.89. The first-order valence-electron chi connectivity index (χ1n) is 15.8. The molecule has 14 N–H and O–H groups in total. The van der Waals surface area contributed by atoms with Crippen molar-refractivity contribution >= 4 is 29.5 Å². The summed E-state index contributed by atoms with van der Waals surface area (Å²) >= 11 is 0. The molecule has 3 aliphatic rings. The molecule has 3 saturated heterocycles. The van der Waals surface area contributed by atoms with E-state index >= 15 is 0 Å². The Labute approximate surface area is 290 Å². The van der Waals surface area contributed by atoms with Crippen molar-refractivity contribution in [3.8, 4) is 0 Å². The number of carbonyl (C=O) groups excluding carboxylic acids is 5. The number of amides is 5. The van der Waals surface area contributed by atoms with E-state index in [1.807, 2.05) is 0 Å². The maximum absolute atomic E-state index is 12.8. The van der Waals surface area contributed by atoms with Crippen LogP contribution in [-0.4, -0.2) is 188 Å². The van der Waals surface area contributed by atoms with Gasteiger partial charge in [0.15, 0.2) is 18.8 Å². The fourth-order valence-corrected chi connectivity index (χ4v) is 5.89. The molecule has 0 aliphatic carbocycles. The monoisotopic (exact) mass is 741 g/mol. The van der Waals surface area contributed by atoms with E-state index in [1.54, 1.807) is 0 Å². The van der Waals surface area contributed by atoms with E-state index in [1.165, 1.54) is 0 Å². The number of ether oxygens (including phenoxy) is 5. The summed E-state index contributed by atoms with van der Waals surface area (Å²) < 4.78 is 28.5. The maximum atomic E-state index is 12.8. The summed E-state index contributed by atoms with van der Waals surface area (Å²) in [7, 11) is 0. The van der Waals surface area contributed by atoms with Crippen molar-refractivity contribution in [2.45, 2.75) is 125 Å². The summed E-state index contributed by atoms with van der Waals surface area (Å²) in [6, 6.07) is -4.51. The molecule has 0 radical (unpaired) electrons. The van der Waals surface area contributed by atoms with Crippen molar-refractivity contribution in [1.82, 2.24) is 21.3 Å². The summed E-state index contributed by atoms with van der Waals surface area (Å²) in [5, 5.41) is 92.7. The van der Waals surface area contributed by atoms with Gasteiger partial charge in [0.05, 0.1) is 26.2 Å². The number of nitrogens with two attached hydrogens (primary N) is 1. The second-order valence-electron chi connectivity index (χ2n) is 12.3. The van der Waals surface area contributed by atoms with Crippen LogP contribution in [0.5, 0.6) is 0 Å². The van der Waals surface area contributed by atoms with Gasteiger partial charge < -0.3 is 91.5 Å². The third-order valence-corrected chi connectivity index (χ3v) is 8.34. The van der Waals surface area contributed by atoms with Crippen LogP contribution in [0.3, 0.4) is 0 Å². The molecule has 0 saturated carbocycles. The predicted molar refractivity (Wildman–Crippen MR) is 162 cm³/mol. The van der Waals surface area contributed by atoms with Gasteiger partial charge in [-0.1, -0.05) is 0 Å². The predicted octanol–water partition coefficient (Wildman–Crippen LogP) is -8.78. The molecule has 0 spiro atoms. The molecule has 1 unspecified atom stereocenters. The fraction of sp³-hybridized carbons (Fsp3) is 0.821. The molecule has 23 nitrogen and oxygen atoms in total. The molecule has 23 heteroatoms. The van der Waals surface area contributed by atoms with Crippen molar-refractivity contribution in [1.29, 1.82) is 0 Å². The average Bonchev–Trinajstić information content (AvgIpc) is 3.05. The van der Waals surface area contributed by atoms with Crippen LogP contribution in [0.2, 0.25) is 0 Å². The number of rotatable bonds is 14. The van der Waals surface area contributed by atoms with Crippen LogP contribution in [0.1, 0.15) is 27.2 Å². The summed E-state index contributed by atoms with van der Waals surface area (Å²) in [4.78, 5) is 60.3. The van der Waals surface area contributed by atoms with Gasteiger partial charge in [-0.05, 0) is 0 Å². The minimum absolute atomic E-state index is 0.657. The van der Waals surface area contributed by atoms with E-state index in [-0.39, 0.29) is 0 Å². The number of carbonyl (C=O) groups is 5. The highest BCUT2D eigenvalue weighted by atomic mass is 16.7. The Morgan fingerprint density at radius 3 is 1.63 bits per heavy atom. The molecule has 3 heterocycles. The third kappa shape index (κ3) is 10.5. The Bertz CT molecular complexity index is 1230. The van der Waals surface area contributed by atoms with Gasteiger partial charge in [0.1, 0.15) is 79.2 Å². The zero-order chi connectivity index (χ0) is 38.3. The van der Waals surface area contributed by atoms with Crippen LogP contribution >= 0.6 is 0 Å². The number of hydrogen-bond donors (Lipinski definition) is 13. The first kappa shape index (κ1) is 42.2. The van der Waals surface area contributed by atoms with Crippen molar-refractivity contribution in [2.24, 2.45) is 5.73 Å². The number of aliphatic hydroxyl groups excluding tert-OH is 8. The summed E-state index contributed by atoms with van der Waals surface area (Å²) in [5.41, 5.74) is 5.25. The quantitative estimate of drug-likeness (QED) is 0.0786. The van der Waals surface area contributed by atoms with Gasteiger partial charge in [0.25, 0.3) is 0 Å². The molecule has 51 heavy (non-hydrogen) atoms. The topological polar surface area (TPSA) is 367 Å². The maximum Gasteiger partial charge on any atom is 0.240 e. The van der Waals surface area contributed by atoms with Crippen LogP contribution < -0.4 is 27.0 Å². The van der Waals surface area contributed by atoms with Gasteiger partial charge in [-0.15, -0.1) is 0 Å². The van der Waals surface area contributed by atoms with Gasteiger partial charge in [-0.3, -0.25) is 24.0 Å². The van der Waals surface area contributed by atoms with Gasteiger partial charge in [-0.25, -0.2) is 0 Å². The molecule has 292 valence electrons. The first-order chi connectivity index (χ1) is 23.9. The zero-order valence-corrected chi connectivity index (χ0v) is 27.8. The highest BCUT2D eigenvalue weighted by Gasteiger charge is 2.54. The SMILES string of the molecule is CC(=O)N[C@H]1[C@H](O[C@H]2[C@H](O)[C@@H](NC(C)=O)C(NC(=O)C[C@H](NC(C)=O)C(N)=O)O[C@@H]2CO)O[C@H](CO)[C@@H](O[C@@H]2O[C@H](CO)[C@@H](O)[C@H](O)[C@@H]2O)[C@@H]1O. The largest absolute Gasteiger partial charge is 0.394 e. The Morgan fingerprint density at radius 1 is 0.627 bits per heavy atom. The minimum atomic E-state index is -1.91. The summed E-state index contributed by atoms with van der Waals surface area (Å²) in [5.74, 6) is -4.07. The second kappa shape index (κ2) is 18.5. The van der Waals surface area contributed by atoms with E-state index in [9.17, 15) is 64.8 Å². The number of aliphatic hydroxyl groups is 8. The lowest BCUT2D eigenvalue weighted by Crippen LogP contribution is -2.71. The summed E-state index contributed by atoms with van der Waals surface area (Å²) in [6.45, 7) is 0.660.